The van der Waals surface area contributed by atoms with E-state index in [1.807, 2.05) is 34.1 Å². The second-order valence-corrected chi connectivity index (χ2v) is 13.6. The van der Waals surface area contributed by atoms with Gasteiger partial charge in [0.1, 0.15) is 13.3 Å². The van der Waals surface area contributed by atoms with Crippen molar-refractivity contribution in [3.05, 3.63) is 129 Å². The summed E-state index contributed by atoms with van der Waals surface area (Å²) in [7, 11) is 0. The first kappa shape index (κ1) is 31.7. The quantitative estimate of drug-likeness (QED) is 0.193. The molecule has 0 unspecified atom stereocenters. The molecule has 0 radical (unpaired) electrons. The number of para-hydroxylation sites is 2. The highest BCUT2D eigenvalue weighted by Crippen LogP contribution is 2.51. The molecule has 2 aliphatic heterocycles. The standard InChI is InChI=1S/C41H41F3N4/c1-24-13-28(5)39(29(6)14-24)47-22-45(35-11-9-10-12-36(35)47)33-19-32(41(42,43)44)20-34(21-33)46-23-48(38-18-27(4)26(3)17-37(38)46)40-30(7)15-25(2)16-31(40)8/h9-21H,22-23H2,1-8H3. The number of nitrogens with zero attached hydrogens (tertiary/aromatic N) is 4. The van der Waals surface area contributed by atoms with Gasteiger partial charge in [-0.15, -0.1) is 0 Å². The summed E-state index contributed by atoms with van der Waals surface area (Å²) in [5.74, 6) is 0. The second kappa shape index (κ2) is 11.4. The third kappa shape index (κ3) is 5.26. The minimum atomic E-state index is -4.52. The topological polar surface area (TPSA) is 13.0 Å². The molecule has 7 rings (SSSR count). The van der Waals surface area contributed by atoms with Gasteiger partial charge in [0.25, 0.3) is 0 Å². The molecule has 0 spiro atoms. The van der Waals surface area contributed by atoms with Crippen molar-refractivity contribution in [3.63, 3.8) is 0 Å². The Morgan fingerprint density at radius 1 is 0.438 bits per heavy atom. The van der Waals surface area contributed by atoms with Crippen molar-refractivity contribution in [1.82, 2.24) is 0 Å². The molecule has 0 saturated carbocycles. The number of halogens is 3. The zero-order chi connectivity index (χ0) is 34.2. The molecular formula is C41H41F3N4. The van der Waals surface area contributed by atoms with Gasteiger partial charge >= 0.3 is 6.18 Å². The van der Waals surface area contributed by atoms with Crippen molar-refractivity contribution in [2.45, 2.75) is 61.6 Å². The van der Waals surface area contributed by atoms with E-state index in [4.69, 9.17) is 0 Å². The first-order valence-electron chi connectivity index (χ1n) is 16.4. The normalized spacial score (nSPS) is 14.2. The summed E-state index contributed by atoms with van der Waals surface area (Å²) < 4.78 is 44.2. The number of fused-ring (bicyclic) bond motifs is 2. The van der Waals surface area contributed by atoms with Crippen LogP contribution >= 0.6 is 0 Å². The molecule has 5 aromatic carbocycles. The summed E-state index contributed by atoms with van der Waals surface area (Å²) in [5.41, 5.74) is 15.4. The molecule has 0 N–H and O–H groups in total. The zero-order valence-electron chi connectivity index (χ0n) is 28.8. The second-order valence-electron chi connectivity index (χ2n) is 13.6. The number of hydrogen-bond acceptors (Lipinski definition) is 4. The Bertz CT molecular complexity index is 2050. The molecule has 246 valence electrons. The molecule has 2 heterocycles. The Balaban J connectivity index is 1.38. The van der Waals surface area contributed by atoms with Crippen LogP contribution in [0.3, 0.4) is 0 Å². The van der Waals surface area contributed by atoms with Crippen molar-refractivity contribution in [3.8, 4) is 0 Å². The highest BCUT2D eigenvalue weighted by Gasteiger charge is 2.37. The maximum Gasteiger partial charge on any atom is 0.416 e. The van der Waals surface area contributed by atoms with Crippen LogP contribution in [0.4, 0.5) is 58.7 Å². The van der Waals surface area contributed by atoms with E-state index in [2.05, 4.69) is 108 Å². The lowest BCUT2D eigenvalue weighted by atomic mass is 10.0. The summed E-state index contributed by atoms with van der Waals surface area (Å²) >= 11 is 0. The van der Waals surface area contributed by atoms with Gasteiger partial charge in [0, 0.05) is 22.7 Å². The third-order valence-corrected chi connectivity index (χ3v) is 9.87. The molecule has 5 aromatic rings. The maximum absolute atomic E-state index is 14.7. The zero-order valence-corrected chi connectivity index (χ0v) is 28.8. The van der Waals surface area contributed by atoms with Crippen LogP contribution in [0.2, 0.25) is 0 Å². The Kier molecular flexibility index (Phi) is 7.50. The van der Waals surface area contributed by atoms with E-state index >= 15 is 0 Å². The Morgan fingerprint density at radius 2 is 0.812 bits per heavy atom. The van der Waals surface area contributed by atoms with E-state index in [0.29, 0.717) is 24.7 Å². The molecule has 0 bridgehead atoms. The van der Waals surface area contributed by atoms with Gasteiger partial charge in [-0.25, -0.2) is 0 Å². The predicted octanol–water partition coefficient (Wildman–Crippen LogP) is 11.7. The fourth-order valence-electron chi connectivity index (χ4n) is 7.82. The first-order valence-corrected chi connectivity index (χ1v) is 16.4. The number of alkyl halides is 3. The van der Waals surface area contributed by atoms with Crippen molar-refractivity contribution >= 4 is 45.5 Å². The Morgan fingerprint density at radius 3 is 1.25 bits per heavy atom. The molecule has 2 aliphatic rings. The number of rotatable bonds is 4. The first-order chi connectivity index (χ1) is 22.7. The van der Waals surface area contributed by atoms with Gasteiger partial charge in [-0.2, -0.15) is 13.2 Å². The van der Waals surface area contributed by atoms with Gasteiger partial charge < -0.3 is 19.6 Å². The fraction of sp³-hybridized carbons (Fsp3) is 0.268. The van der Waals surface area contributed by atoms with Gasteiger partial charge in [0.2, 0.25) is 0 Å². The summed E-state index contributed by atoms with van der Waals surface area (Å²) in [4.78, 5) is 8.52. The van der Waals surface area contributed by atoms with Gasteiger partial charge in [-0.3, -0.25) is 0 Å². The van der Waals surface area contributed by atoms with E-state index in [-0.39, 0.29) is 0 Å². The lowest BCUT2D eigenvalue weighted by Gasteiger charge is -2.28. The van der Waals surface area contributed by atoms with E-state index < -0.39 is 11.7 Å². The lowest BCUT2D eigenvalue weighted by molar-refractivity contribution is -0.137. The van der Waals surface area contributed by atoms with Gasteiger partial charge in [-0.1, -0.05) is 47.5 Å². The minimum absolute atomic E-state index is 0.396. The molecule has 4 nitrogen and oxygen atoms in total. The van der Waals surface area contributed by atoms with E-state index in [9.17, 15) is 13.2 Å². The number of hydrogen-bond donors (Lipinski definition) is 0. The molecule has 7 heteroatoms. The SMILES string of the molecule is Cc1cc(C)c(N2CN(c3cc(N4CN(c5c(C)cc(C)cc5C)c5cc(C)c(C)cc54)cc(C(F)(F)F)c3)c3ccccc32)c(C)c1. The Hall–Kier alpha value is -4.91. The summed E-state index contributed by atoms with van der Waals surface area (Å²) in [6.07, 6.45) is -4.52. The van der Waals surface area contributed by atoms with Crippen LogP contribution in [0.25, 0.3) is 0 Å². The molecular weight excluding hydrogens is 605 g/mol. The van der Waals surface area contributed by atoms with Crippen LogP contribution in [-0.4, -0.2) is 13.3 Å². The van der Waals surface area contributed by atoms with E-state index in [0.717, 1.165) is 67.5 Å². The van der Waals surface area contributed by atoms with E-state index in [1.165, 1.54) is 23.3 Å². The van der Waals surface area contributed by atoms with Crippen LogP contribution in [0.5, 0.6) is 0 Å². The number of benzene rings is 5. The van der Waals surface area contributed by atoms with Crippen molar-refractivity contribution in [1.29, 1.82) is 0 Å². The van der Waals surface area contributed by atoms with Gasteiger partial charge in [-0.05, 0) is 131 Å². The largest absolute Gasteiger partial charge is 0.416 e. The third-order valence-electron chi connectivity index (χ3n) is 9.87. The maximum atomic E-state index is 14.7. The summed E-state index contributed by atoms with van der Waals surface area (Å²) in [6, 6.07) is 25.4. The van der Waals surface area contributed by atoms with Gasteiger partial charge in [0.15, 0.2) is 0 Å². The van der Waals surface area contributed by atoms with Crippen molar-refractivity contribution < 1.29 is 13.2 Å². The smallest absolute Gasteiger partial charge is 0.321 e. The average molecular weight is 647 g/mol. The molecule has 0 aromatic heterocycles. The van der Waals surface area contributed by atoms with Crippen molar-refractivity contribution in [2.75, 3.05) is 32.9 Å². The molecule has 0 amide bonds. The fourth-order valence-corrected chi connectivity index (χ4v) is 7.82. The van der Waals surface area contributed by atoms with E-state index in [1.54, 1.807) is 0 Å². The molecule has 0 saturated heterocycles. The van der Waals surface area contributed by atoms with Crippen LogP contribution in [0, 0.1) is 55.4 Å². The van der Waals surface area contributed by atoms with Crippen LogP contribution < -0.4 is 19.6 Å². The lowest BCUT2D eigenvalue weighted by Crippen LogP contribution is -2.27. The molecule has 0 atom stereocenters. The van der Waals surface area contributed by atoms with Crippen molar-refractivity contribution in [2.24, 2.45) is 0 Å². The van der Waals surface area contributed by atoms with Crippen LogP contribution in [0.15, 0.2) is 78.9 Å². The minimum Gasteiger partial charge on any atom is -0.321 e. The summed E-state index contributed by atoms with van der Waals surface area (Å²) in [6.45, 7) is 17.5. The van der Waals surface area contributed by atoms with Crippen LogP contribution in [0.1, 0.15) is 50.1 Å². The Labute approximate surface area is 281 Å². The average Bonchev–Trinajstić information content (AvgIpc) is 3.55. The van der Waals surface area contributed by atoms with Gasteiger partial charge in [0.05, 0.1) is 28.3 Å². The highest BCUT2D eigenvalue weighted by molar-refractivity contribution is 5.92. The predicted molar refractivity (Wildman–Crippen MR) is 193 cm³/mol. The highest BCUT2D eigenvalue weighted by atomic mass is 19.4. The molecule has 0 aliphatic carbocycles. The molecule has 48 heavy (non-hydrogen) atoms. The molecule has 0 fully saturated rings. The number of aryl methyl sites for hydroxylation is 8. The summed E-state index contributed by atoms with van der Waals surface area (Å²) in [5, 5.41) is 0. The van der Waals surface area contributed by atoms with Crippen LogP contribution in [-0.2, 0) is 6.18 Å². The number of anilines is 8. The monoisotopic (exact) mass is 646 g/mol.